The Morgan fingerprint density at radius 2 is 1.86 bits per heavy atom. The average molecular weight is 282 g/mol. The lowest BCUT2D eigenvalue weighted by Crippen LogP contribution is -2.23. The maximum absolute atomic E-state index is 12.8. The minimum Gasteiger partial charge on any atom is -0.348 e. The number of amides is 1. The fraction of sp³-hybridized carbons (Fsp3) is 0.118. The molecule has 0 atom stereocenters. The molecule has 2 aromatic rings. The highest BCUT2D eigenvalue weighted by Gasteiger charge is 2.09. The smallest absolute Gasteiger partial charge is 0.252 e. The lowest BCUT2D eigenvalue weighted by molar-refractivity contribution is 0.0950. The predicted molar refractivity (Wildman–Crippen MR) is 79.9 cm³/mol. The molecule has 0 aromatic heterocycles. The Labute approximate surface area is 123 Å². The number of nitrogens with two attached hydrogens (primary N) is 1. The van der Waals surface area contributed by atoms with Crippen molar-refractivity contribution in [1.29, 1.82) is 0 Å². The maximum Gasteiger partial charge on any atom is 0.252 e. The summed E-state index contributed by atoms with van der Waals surface area (Å²) in [4.78, 5) is 12.2. The van der Waals surface area contributed by atoms with Crippen molar-refractivity contribution in [3.05, 3.63) is 71.0 Å². The van der Waals surface area contributed by atoms with Gasteiger partial charge in [-0.15, -0.1) is 0 Å². The van der Waals surface area contributed by atoms with E-state index in [-0.39, 0.29) is 18.3 Å². The monoisotopic (exact) mass is 282 g/mol. The van der Waals surface area contributed by atoms with Gasteiger partial charge in [-0.05, 0) is 29.8 Å². The van der Waals surface area contributed by atoms with Crippen LogP contribution in [0, 0.1) is 17.7 Å². The molecule has 0 saturated carbocycles. The molecule has 21 heavy (non-hydrogen) atoms. The first-order chi connectivity index (χ1) is 10.2. The summed E-state index contributed by atoms with van der Waals surface area (Å²) in [5.74, 6) is 5.09. The van der Waals surface area contributed by atoms with Gasteiger partial charge >= 0.3 is 0 Å². The Morgan fingerprint density at radius 1 is 1.14 bits per heavy atom. The summed E-state index contributed by atoms with van der Waals surface area (Å²) in [6.45, 7) is 0.573. The highest BCUT2D eigenvalue weighted by Crippen LogP contribution is 2.08. The minimum absolute atomic E-state index is 0.221. The molecule has 0 bridgehead atoms. The molecule has 0 aliphatic carbocycles. The predicted octanol–water partition coefficient (Wildman–Crippen LogP) is 2.07. The van der Waals surface area contributed by atoms with Gasteiger partial charge in [0.15, 0.2) is 0 Å². The van der Waals surface area contributed by atoms with Crippen molar-refractivity contribution in [2.45, 2.75) is 6.54 Å². The van der Waals surface area contributed by atoms with Gasteiger partial charge in [-0.2, -0.15) is 0 Å². The van der Waals surface area contributed by atoms with Gasteiger partial charge in [0.2, 0.25) is 0 Å². The molecule has 3 nitrogen and oxygen atoms in total. The first-order valence-electron chi connectivity index (χ1n) is 6.51. The number of rotatable bonds is 3. The molecule has 0 spiro atoms. The normalized spacial score (nSPS) is 9.62. The van der Waals surface area contributed by atoms with Gasteiger partial charge in [-0.3, -0.25) is 4.79 Å². The lowest BCUT2D eigenvalue weighted by Gasteiger charge is -2.07. The van der Waals surface area contributed by atoms with Crippen LogP contribution in [0.2, 0.25) is 0 Å². The first-order valence-corrected chi connectivity index (χ1v) is 6.51. The molecule has 0 saturated heterocycles. The molecule has 3 N–H and O–H groups in total. The van der Waals surface area contributed by atoms with Crippen LogP contribution in [0.15, 0.2) is 48.5 Å². The third-order valence-corrected chi connectivity index (χ3v) is 2.86. The van der Waals surface area contributed by atoms with Crippen molar-refractivity contribution >= 4 is 5.91 Å². The molecule has 0 aliphatic heterocycles. The van der Waals surface area contributed by atoms with E-state index < -0.39 is 0 Å². The van der Waals surface area contributed by atoms with E-state index in [4.69, 9.17) is 5.73 Å². The van der Waals surface area contributed by atoms with Crippen LogP contribution in [0.4, 0.5) is 4.39 Å². The van der Waals surface area contributed by atoms with Crippen LogP contribution in [0.5, 0.6) is 0 Å². The average Bonchev–Trinajstić information content (AvgIpc) is 2.52. The topological polar surface area (TPSA) is 55.1 Å². The first kappa shape index (κ1) is 14.8. The molecule has 0 radical (unpaired) electrons. The van der Waals surface area contributed by atoms with Crippen LogP contribution in [0.25, 0.3) is 0 Å². The van der Waals surface area contributed by atoms with Crippen molar-refractivity contribution < 1.29 is 9.18 Å². The van der Waals surface area contributed by atoms with Crippen LogP contribution in [0.1, 0.15) is 21.5 Å². The molecule has 0 aliphatic rings. The van der Waals surface area contributed by atoms with Crippen molar-refractivity contribution in [3.63, 3.8) is 0 Å². The lowest BCUT2D eigenvalue weighted by atomic mass is 10.1. The largest absolute Gasteiger partial charge is 0.348 e. The van der Waals surface area contributed by atoms with Gasteiger partial charge in [0.1, 0.15) is 5.82 Å². The number of nitrogens with one attached hydrogen (secondary N) is 1. The summed E-state index contributed by atoms with van der Waals surface area (Å²) in [6.07, 6.45) is 0. The van der Waals surface area contributed by atoms with E-state index in [0.717, 1.165) is 5.56 Å². The molecule has 0 fully saturated rings. The van der Waals surface area contributed by atoms with E-state index >= 15 is 0 Å². The second kappa shape index (κ2) is 7.22. The highest BCUT2D eigenvalue weighted by atomic mass is 19.1. The number of hydrogen-bond acceptors (Lipinski definition) is 2. The van der Waals surface area contributed by atoms with E-state index in [9.17, 15) is 9.18 Å². The van der Waals surface area contributed by atoms with Gasteiger partial charge in [0, 0.05) is 12.1 Å². The Balaban J connectivity index is 2.08. The summed E-state index contributed by atoms with van der Waals surface area (Å²) in [5, 5.41) is 2.79. The Morgan fingerprint density at radius 3 is 2.57 bits per heavy atom. The van der Waals surface area contributed by atoms with Crippen LogP contribution in [0.3, 0.4) is 0 Å². The number of halogens is 1. The minimum atomic E-state index is -0.299. The number of benzene rings is 2. The molecule has 106 valence electrons. The van der Waals surface area contributed by atoms with E-state index in [2.05, 4.69) is 17.2 Å². The number of hydrogen-bond donors (Lipinski definition) is 2. The highest BCUT2D eigenvalue weighted by molar-refractivity contribution is 5.96. The molecule has 4 heteroatoms. The molecule has 1 amide bonds. The van der Waals surface area contributed by atoms with Gasteiger partial charge in [0.05, 0.1) is 12.1 Å². The van der Waals surface area contributed by atoms with Gasteiger partial charge < -0.3 is 11.1 Å². The molecule has 2 aromatic carbocycles. The summed E-state index contributed by atoms with van der Waals surface area (Å²) in [7, 11) is 0. The fourth-order valence-electron chi connectivity index (χ4n) is 1.82. The Bertz CT molecular complexity index is 684. The van der Waals surface area contributed by atoms with E-state index in [1.807, 2.05) is 6.07 Å². The van der Waals surface area contributed by atoms with Gasteiger partial charge in [-0.1, -0.05) is 36.1 Å². The zero-order chi connectivity index (χ0) is 15.1. The molecule has 0 heterocycles. The van der Waals surface area contributed by atoms with Gasteiger partial charge in [0.25, 0.3) is 5.91 Å². The summed E-state index contributed by atoms with van der Waals surface area (Å²) in [6, 6.07) is 13.1. The zero-order valence-electron chi connectivity index (χ0n) is 11.4. The second-order valence-corrected chi connectivity index (χ2v) is 4.36. The van der Waals surface area contributed by atoms with Gasteiger partial charge in [-0.25, -0.2) is 4.39 Å². The van der Waals surface area contributed by atoms with Crippen molar-refractivity contribution in [2.75, 3.05) is 6.54 Å². The van der Waals surface area contributed by atoms with E-state index in [1.165, 1.54) is 12.1 Å². The molecular formula is C17H15FN2O. The Kier molecular flexibility index (Phi) is 5.08. The number of carbonyl (C=O) groups is 1. The zero-order valence-corrected chi connectivity index (χ0v) is 11.4. The van der Waals surface area contributed by atoms with Crippen LogP contribution < -0.4 is 11.1 Å². The molecule has 2 rings (SSSR count). The van der Waals surface area contributed by atoms with Crippen molar-refractivity contribution in [1.82, 2.24) is 5.32 Å². The standard InChI is InChI=1S/C17H15FN2O/c18-15-9-7-13(8-10-15)12-20-17(21)16-6-2-1-4-14(16)5-3-11-19/h1-2,4,6-10H,11-12,19H2,(H,20,21). The summed E-state index contributed by atoms with van der Waals surface area (Å²) < 4.78 is 12.8. The van der Waals surface area contributed by atoms with E-state index in [0.29, 0.717) is 17.7 Å². The van der Waals surface area contributed by atoms with Crippen LogP contribution >= 0.6 is 0 Å². The SMILES string of the molecule is NCC#Cc1ccccc1C(=O)NCc1ccc(F)cc1. The fourth-order valence-corrected chi connectivity index (χ4v) is 1.82. The van der Waals surface area contributed by atoms with E-state index in [1.54, 1.807) is 30.3 Å². The third-order valence-electron chi connectivity index (χ3n) is 2.86. The summed E-state index contributed by atoms with van der Waals surface area (Å²) in [5.41, 5.74) is 7.31. The number of carbonyl (C=O) groups excluding carboxylic acids is 1. The van der Waals surface area contributed by atoms with Crippen molar-refractivity contribution in [3.8, 4) is 11.8 Å². The molecule has 0 unspecified atom stereocenters. The summed E-state index contributed by atoms with van der Waals surface area (Å²) >= 11 is 0. The molecular weight excluding hydrogens is 267 g/mol. The van der Waals surface area contributed by atoms with Crippen LogP contribution in [-0.2, 0) is 6.54 Å². The quantitative estimate of drug-likeness (QED) is 0.847. The maximum atomic E-state index is 12.8. The van der Waals surface area contributed by atoms with Crippen molar-refractivity contribution in [2.24, 2.45) is 5.73 Å². The third kappa shape index (κ3) is 4.16. The second-order valence-electron chi connectivity index (χ2n) is 4.36. The Hall–Kier alpha value is -2.64. The van der Waals surface area contributed by atoms with Crippen LogP contribution in [-0.4, -0.2) is 12.5 Å².